The maximum Gasteiger partial charge on any atom is -0.0279 e. The summed E-state index contributed by atoms with van der Waals surface area (Å²) in [6.45, 7) is 4.58. The van der Waals surface area contributed by atoms with E-state index in [0.29, 0.717) is 0 Å². The minimum absolute atomic E-state index is 1.28. The lowest BCUT2D eigenvalue weighted by Gasteiger charge is -2.06. The van der Waals surface area contributed by atoms with Gasteiger partial charge in [0.25, 0.3) is 0 Å². The van der Waals surface area contributed by atoms with Gasteiger partial charge < -0.3 is 0 Å². The number of benzene rings is 1. The van der Waals surface area contributed by atoms with Crippen LogP contribution in [0.25, 0.3) is 0 Å². The Morgan fingerprint density at radius 2 is 0.875 bits per heavy atom. The normalized spacial score (nSPS) is 11.1. The highest BCUT2D eigenvalue weighted by Crippen LogP contribution is 2.15. The molecule has 0 fully saturated rings. The summed E-state index contributed by atoms with van der Waals surface area (Å²) >= 11 is 0. The number of hydrogen-bond acceptors (Lipinski definition) is 0. The minimum Gasteiger partial charge on any atom is -0.0654 e. The van der Waals surface area contributed by atoms with Gasteiger partial charge in [-0.2, -0.15) is 0 Å². The van der Waals surface area contributed by atoms with Crippen molar-refractivity contribution >= 4 is 0 Å². The van der Waals surface area contributed by atoms with Crippen molar-refractivity contribution in [2.45, 2.75) is 117 Å². The fourth-order valence-electron chi connectivity index (χ4n) is 3.51. The van der Waals surface area contributed by atoms with E-state index in [9.17, 15) is 0 Å². The molecule has 0 atom stereocenters. The number of unbranched alkanes of at least 4 members (excludes halogenated alkanes) is 12. The van der Waals surface area contributed by atoms with Crippen molar-refractivity contribution in [3.05, 3.63) is 35.4 Å². The average Bonchev–Trinajstić information content (AvgIpc) is 2.60. The van der Waals surface area contributed by atoms with Gasteiger partial charge in [0.05, 0.1) is 0 Å². The van der Waals surface area contributed by atoms with Crippen LogP contribution in [0, 0.1) is 0 Å². The second-order valence-corrected chi connectivity index (χ2v) is 7.56. The second-order valence-electron chi connectivity index (χ2n) is 7.56. The Labute approximate surface area is 152 Å². The van der Waals surface area contributed by atoms with Gasteiger partial charge in [0.2, 0.25) is 0 Å². The van der Waals surface area contributed by atoms with Crippen molar-refractivity contribution in [1.82, 2.24) is 0 Å². The molecule has 24 heavy (non-hydrogen) atoms. The molecule has 0 amide bonds. The summed E-state index contributed by atoms with van der Waals surface area (Å²) in [5, 5.41) is 0. The van der Waals surface area contributed by atoms with E-state index in [1.807, 2.05) is 0 Å². The molecular formula is C24H42. The zero-order chi connectivity index (χ0) is 17.3. The molecule has 1 aromatic rings. The van der Waals surface area contributed by atoms with E-state index >= 15 is 0 Å². The van der Waals surface area contributed by atoms with E-state index in [2.05, 4.69) is 38.1 Å². The van der Waals surface area contributed by atoms with Gasteiger partial charge in [-0.1, -0.05) is 115 Å². The Balaban J connectivity index is 2.08. The molecule has 0 nitrogen and oxygen atoms in total. The molecule has 0 radical (unpaired) electrons. The van der Waals surface area contributed by atoms with Crippen molar-refractivity contribution in [2.75, 3.05) is 0 Å². The standard InChI is InChI=1S/C24H42/c1-3-5-7-9-11-13-15-18-23-20-17-21-24(22-23)19-16-14-12-10-8-6-4-2/h17,20-22H,3-16,18-19H2,1-2H3. The minimum atomic E-state index is 1.28. The molecule has 0 unspecified atom stereocenters. The predicted octanol–water partition coefficient (Wildman–Crippen LogP) is 8.27. The van der Waals surface area contributed by atoms with Crippen LogP contribution in [0.1, 0.15) is 115 Å². The summed E-state index contributed by atoms with van der Waals surface area (Å²) < 4.78 is 0. The monoisotopic (exact) mass is 330 g/mol. The first-order valence-corrected chi connectivity index (χ1v) is 10.9. The Bertz CT molecular complexity index is 346. The van der Waals surface area contributed by atoms with E-state index in [0.717, 1.165) is 0 Å². The van der Waals surface area contributed by atoms with Gasteiger partial charge in [-0.05, 0) is 36.8 Å². The van der Waals surface area contributed by atoms with Gasteiger partial charge in [0.15, 0.2) is 0 Å². The van der Waals surface area contributed by atoms with E-state index in [1.165, 1.54) is 103 Å². The third-order valence-corrected chi connectivity index (χ3v) is 5.13. The van der Waals surface area contributed by atoms with Crippen LogP contribution < -0.4 is 0 Å². The third kappa shape index (κ3) is 11.7. The van der Waals surface area contributed by atoms with Gasteiger partial charge >= 0.3 is 0 Å². The lowest BCUT2D eigenvalue weighted by atomic mass is 10.00. The first-order valence-electron chi connectivity index (χ1n) is 10.9. The van der Waals surface area contributed by atoms with Gasteiger partial charge in [0.1, 0.15) is 0 Å². The van der Waals surface area contributed by atoms with E-state index in [-0.39, 0.29) is 0 Å². The first-order chi connectivity index (χ1) is 11.9. The summed E-state index contributed by atoms with van der Waals surface area (Å²) in [6.07, 6.45) is 22.2. The molecule has 0 saturated heterocycles. The van der Waals surface area contributed by atoms with E-state index in [4.69, 9.17) is 0 Å². The Kier molecular flexibility index (Phi) is 13.9. The van der Waals surface area contributed by atoms with Crippen LogP contribution in [0.2, 0.25) is 0 Å². The third-order valence-electron chi connectivity index (χ3n) is 5.13. The van der Waals surface area contributed by atoms with Gasteiger partial charge in [-0.3, -0.25) is 0 Å². The first kappa shape index (κ1) is 21.3. The summed E-state index contributed by atoms with van der Waals surface area (Å²) in [5.74, 6) is 0. The topological polar surface area (TPSA) is 0 Å². The Morgan fingerprint density at radius 3 is 1.29 bits per heavy atom. The SMILES string of the molecule is CCCCCCCCCc1cccc(CCCCCCCCC)c1. The quantitative estimate of drug-likeness (QED) is 0.267. The highest BCUT2D eigenvalue weighted by atomic mass is 14.0. The van der Waals surface area contributed by atoms with Crippen molar-refractivity contribution in [3.63, 3.8) is 0 Å². The van der Waals surface area contributed by atoms with Crippen molar-refractivity contribution in [2.24, 2.45) is 0 Å². The van der Waals surface area contributed by atoms with Gasteiger partial charge in [-0.25, -0.2) is 0 Å². The molecule has 138 valence electrons. The van der Waals surface area contributed by atoms with Crippen molar-refractivity contribution in [3.8, 4) is 0 Å². The second kappa shape index (κ2) is 15.7. The smallest absolute Gasteiger partial charge is 0.0279 e. The summed E-state index contributed by atoms with van der Waals surface area (Å²) in [4.78, 5) is 0. The molecule has 0 aliphatic carbocycles. The zero-order valence-electron chi connectivity index (χ0n) is 16.6. The summed E-state index contributed by atoms with van der Waals surface area (Å²) in [5.41, 5.74) is 3.12. The molecule has 0 aromatic heterocycles. The molecule has 1 rings (SSSR count). The van der Waals surface area contributed by atoms with Crippen molar-refractivity contribution < 1.29 is 0 Å². The lowest BCUT2D eigenvalue weighted by molar-refractivity contribution is 0.587. The summed E-state index contributed by atoms with van der Waals surface area (Å²) in [7, 11) is 0. The molecule has 0 aliphatic heterocycles. The molecule has 0 bridgehead atoms. The molecule has 0 N–H and O–H groups in total. The largest absolute Gasteiger partial charge is 0.0654 e. The molecule has 0 saturated carbocycles. The lowest BCUT2D eigenvalue weighted by Crippen LogP contribution is -1.91. The van der Waals surface area contributed by atoms with Crippen LogP contribution in [0.5, 0.6) is 0 Å². The number of hydrogen-bond donors (Lipinski definition) is 0. The molecular weight excluding hydrogens is 288 g/mol. The van der Waals surface area contributed by atoms with E-state index in [1.54, 1.807) is 11.1 Å². The van der Waals surface area contributed by atoms with Crippen LogP contribution >= 0.6 is 0 Å². The molecule has 1 aromatic carbocycles. The van der Waals surface area contributed by atoms with Crippen LogP contribution in [-0.4, -0.2) is 0 Å². The Morgan fingerprint density at radius 1 is 0.500 bits per heavy atom. The fourth-order valence-corrected chi connectivity index (χ4v) is 3.51. The zero-order valence-corrected chi connectivity index (χ0v) is 16.6. The molecule has 0 aliphatic rings. The van der Waals surface area contributed by atoms with Crippen LogP contribution in [0.4, 0.5) is 0 Å². The van der Waals surface area contributed by atoms with Gasteiger partial charge in [-0.15, -0.1) is 0 Å². The van der Waals surface area contributed by atoms with Crippen LogP contribution in [0.3, 0.4) is 0 Å². The van der Waals surface area contributed by atoms with E-state index < -0.39 is 0 Å². The predicted molar refractivity (Wildman–Crippen MR) is 110 cm³/mol. The molecule has 0 spiro atoms. The maximum atomic E-state index is 2.47. The molecule has 0 heterocycles. The van der Waals surface area contributed by atoms with Crippen molar-refractivity contribution in [1.29, 1.82) is 0 Å². The molecule has 0 heteroatoms. The summed E-state index contributed by atoms with van der Waals surface area (Å²) in [6, 6.07) is 9.39. The average molecular weight is 331 g/mol. The highest BCUT2D eigenvalue weighted by molar-refractivity contribution is 5.23. The Hall–Kier alpha value is -0.780. The highest BCUT2D eigenvalue weighted by Gasteiger charge is 1.98. The van der Waals surface area contributed by atoms with Crippen LogP contribution in [0.15, 0.2) is 24.3 Å². The fraction of sp³-hybridized carbons (Fsp3) is 0.750. The van der Waals surface area contributed by atoms with Crippen LogP contribution in [-0.2, 0) is 12.8 Å². The maximum absolute atomic E-state index is 2.47. The number of rotatable bonds is 16. The van der Waals surface area contributed by atoms with Gasteiger partial charge in [0, 0.05) is 0 Å². The number of aryl methyl sites for hydroxylation is 2.